The quantitative estimate of drug-likeness (QED) is 0.444. The highest BCUT2D eigenvalue weighted by Crippen LogP contribution is 2.38. The Morgan fingerprint density at radius 2 is 2.15 bits per heavy atom. The predicted octanol–water partition coefficient (Wildman–Crippen LogP) is 4.11. The van der Waals surface area contributed by atoms with Crippen LogP contribution in [0.2, 0.25) is 5.02 Å². The van der Waals surface area contributed by atoms with E-state index in [2.05, 4.69) is 14.6 Å². The summed E-state index contributed by atoms with van der Waals surface area (Å²) in [5.74, 6) is -0.605. The van der Waals surface area contributed by atoms with Gasteiger partial charge in [-0.2, -0.15) is 0 Å². The molecule has 0 bridgehead atoms. The number of hydrogen-bond acceptors (Lipinski definition) is 5. The number of halogens is 1. The number of aliphatic carboxylic acids is 1. The molecule has 2 N–H and O–H groups in total. The van der Waals surface area contributed by atoms with Crippen molar-refractivity contribution in [2.24, 2.45) is 4.99 Å². The van der Waals surface area contributed by atoms with E-state index < -0.39 is 11.7 Å². The Morgan fingerprint density at radius 1 is 1.42 bits per heavy atom. The molecule has 2 aliphatic rings. The van der Waals surface area contributed by atoms with Gasteiger partial charge in [-0.3, -0.25) is 0 Å². The van der Waals surface area contributed by atoms with Gasteiger partial charge in [0, 0.05) is 18.5 Å². The van der Waals surface area contributed by atoms with Crippen LogP contribution >= 0.6 is 23.5 Å². The highest BCUT2D eigenvalue weighted by molar-refractivity contribution is 8.00. The molecule has 1 fully saturated rings. The van der Waals surface area contributed by atoms with E-state index in [0.29, 0.717) is 10.8 Å². The van der Waals surface area contributed by atoms with E-state index in [-0.39, 0.29) is 5.57 Å². The Bertz CT molecular complexity index is 762. The highest BCUT2D eigenvalue weighted by atomic mass is 35.5. The lowest BCUT2D eigenvalue weighted by Gasteiger charge is -2.28. The van der Waals surface area contributed by atoms with Crippen LogP contribution in [0.3, 0.4) is 0 Å². The van der Waals surface area contributed by atoms with Crippen molar-refractivity contribution in [3.05, 3.63) is 33.7 Å². The lowest BCUT2D eigenvalue weighted by molar-refractivity contribution is -0.134. The molecule has 26 heavy (non-hydrogen) atoms. The minimum atomic E-state index is -1.15. The molecule has 1 unspecified atom stereocenters. The minimum absolute atomic E-state index is 0.142. The number of carboxylic acid groups (broad SMARTS) is 1. The summed E-state index contributed by atoms with van der Waals surface area (Å²) in [5, 5.41) is 11.3. The standard InChI is InChI=1S/C18H22ClN3O3S/c1-12-8-16(25-18(2)13(17(23)24)10-26-21-18)14(19)9-15(12)20-11-22-6-4-3-5-7-22/h8-11,21H,3-7H2,1-2H3,(H,23,24). The van der Waals surface area contributed by atoms with E-state index in [9.17, 15) is 9.90 Å². The van der Waals surface area contributed by atoms with Gasteiger partial charge in [0.1, 0.15) is 11.3 Å². The lowest BCUT2D eigenvalue weighted by atomic mass is 10.1. The molecule has 1 aromatic carbocycles. The van der Waals surface area contributed by atoms with Crippen LogP contribution in [0.15, 0.2) is 28.1 Å². The van der Waals surface area contributed by atoms with E-state index in [4.69, 9.17) is 16.3 Å². The van der Waals surface area contributed by atoms with Gasteiger partial charge in [-0.15, -0.1) is 0 Å². The Balaban J connectivity index is 1.78. The second-order valence-electron chi connectivity index (χ2n) is 6.60. The lowest BCUT2D eigenvalue weighted by Crippen LogP contribution is -2.45. The molecular formula is C18H22ClN3O3S. The van der Waals surface area contributed by atoms with Crippen LogP contribution in [0.5, 0.6) is 5.75 Å². The Hall–Kier alpha value is -1.70. The maximum Gasteiger partial charge on any atom is 0.337 e. The molecular weight excluding hydrogens is 374 g/mol. The monoisotopic (exact) mass is 395 g/mol. The van der Waals surface area contributed by atoms with Crippen LogP contribution in [0, 0.1) is 6.92 Å². The van der Waals surface area contributed by atoms with Crippen molar-refractivity contribution in [1.29, 1.82) is 0 Å². The van der Waals surface area contributed by atoms with Crippen molar-refractivity contribution < 1.29 is 14.6 Å². The third-order valence-electron chi connectivity index (χ3n) is 4.49. The molecule has 0 spiro atoms. The first-order valence-electron chi connectivity index (χ1n) is 8.53. The van der Waals surface area contributed by atoms with Crippen LogP contribution in [0.25, 0.3) is 0 Å². The summed E-state index contributed by atoms with van der Waals surface area (Å²) < 4.78 is 8.89. The molecule has 6 nitrogen and oxygen atoms in total. The third kappa shape index (κ3) is 4.16. The van der Waals surface area contributed by atoms with Gasteiger partial charge in [0.25, 0.3) is 0 Å². The molecule has 0 aliphatic carbocycles. The predicted molar refractivity (Wildman–Crippen MR) is 105 cm³/mol. The first-order valence-corrected chi connectivity index (χ1v) is 9.79. The number of aliphatic imine (C=N–C) groups is 1. The molecule has 0 amide bonds. The molecule has 2 heterocycles. The van der Waals surface area contributed by atoms with Gasteiger partial charge >= 0.3 is 5.97 Å². The zero-order valence-corrected chi connectivity index (χ0v) is 16.4. The summed E-state index contributed by atoms with van der Waals surface area (Å²) in [4.78, 5) is 18.2. The van der Waals surface area contributed by atoms with Crippen LogP contribution in [0.1, 0.15) is 31.7 Å². The summed E-state index contributed by atoms with van der Waals surface area (Å²) >= 11 is 7.56. The number of ether oxygens (including phenoxy) is 1. The maximum atomic E-state index is 11.4. The molecule has 2 aliphatic heterocycles. The molecule has 3 rings (SSSR count). The summed E-state index contributed by atoms with van der Waals surface area (Å²) in [5.41, 5.74) is 0.683. The van der Waals surface area contributed by atoms with Crippen molar-refractivity contribution in [3.63, 3.8) is 0 Å². The summed E-state index contributed by atoms with van der Waals surface area (Å²) in [7, 11) is 0. The van der Waals surface area contributed by atoms with E-state index in [1.165, 1.54) is 36.6 Å². The number of carbonyl (C=O) groups is 1. The van der Waals surface area contributed by atoms with E-state index in [0.717, 1.165) is 24.3 Å². The Morgan fingerprint density at radius 3 is 2.85 bits per heavy atom. The molecule has 1 atom stereocenters. The van der Waals surface area contributed by atoms with Crippen molar-refractivity contribution in [3.8, 4) is 5.75 Å². The molecule has 0 radical (unpaired) electrons. The number of carboxylic acids is 1. The Kier molecular flexibility index (Phi) is 5.79. The van der Waals surface area contributed by atoms with Gasteiger partial charge in [-0.1, -0.05) is 11.6 Å². The second kappa shape index (κ2) is 7.90. The average Bonchev–Trinajstić information content (AvgIpc) is 2.99. The van der Waals surface area contributed by atoms with Gasteiger partial charge in [0.2, 0.25) is 5.72 Å². The van der Waals surface area contributed by atoms with Crippen molar-refractivity contribution in [2.45, 2.75) is 38.8 Å². The fraction of sp³-hybridized carbons (Fsp3) is 0.444. The van der Waals surface area contributed by atoms with Crippen LogP contribution in [0.4, 0.5) is 5.69 Å². The number of rotatable bonds is 5. The van der Waals surface area contributed by atoms with Crippen molar-refractivity contribution in [2.75, 3.05) is 13.1 Å². The van der Waals surface area contributed by atoms with E-state index >= 15 is 0 Å². The molecule has 140 valence electrons. The zero-order valence-electron chi connectivity index (χ0n) is 14.8. The topological polar surface area (TPSA) is 74.2 Å². The number of piperidine rings is 1. The van der Waals surface area contributed by atoms with E-state index in [1.807, 2.05) is 13.3 Å². The molecule has 0 saturated carbocycles. The highest BCUT2D eigenvalue weighted by Gasteiger charge is 2.40. The molecule has 1 aromatic rings. The largest absolute Gasteiger partial charge is 0.478 e. The van der Waals surface area contributed by atoms with Gasteiger partial charge in [-0.25, -0.2) is 14.5 Å². The van der Waals surface area contributed by atoms with Crippen molar-refractivity contribution >= 4 is 41.5 Å². The van der Waals surface area contributed by atoms with Gasteiger partial charge in [-0.05, 0) is 62.8 Å². The maximum absolute atomic E-state index is 11.4. The van der Waals surface area contributed by atoms with Crippen LogP contribution in [-0.4, -0.2) is 41.1 Å². The van der Waals surface area contributed by atoms with Gasteiger partial charge < -0.3 is 14.7 Å². The number of likely N-dealkylation sites (tertiary alicyclic amines) is 1. The van der Waals surface area contributed by atoms with Crippen LogP contribution < -0.4 is 9.46 Å². The fourth-order valence-electron chi connectivity index (χ4n) is 2.96. The number of aryl methyl sites for hydroxylation is 1. The third-order valence-corrected chi connectivity index (χ3v) is 5.65. The molecule has 0 aromatic heterocycles. The number of benzene rings is 1. The number of nitrogens with zero attached hydrogens (tertiary/aromatic N) is 2. The molecule has 1 saturated heterocycles. The fourth-order valence-corrected chi connectivity index (χ4v) is 4.03. The molecule has 8 heteroatoms. The SMILES string of the molecule is Cc1cc(OC2(C)NSC=C2C(=O)O)c(Cl)cc1N=CN1CCCCC1. The first kappa shape index (κ1) is 19.1. The second-order valence-corrected chi connectivity index (χ2v) is 7.68. The summed E-state index contributed by atoms with van der Waals surface area (Å²) in [6.45, 7) is 5.66. The minimum Gasteiger partial charge on any atom is -0.478 e. The summed E-state index contributed by atoms with van der Waals surface area (Å²) in [6.07, 6.45) is 5.54. The smallest absolute Gasteiger partial charge is 0.337 e. The Labute approximate surface area is 162 Å². The average molecular weight is 396 g/mol. The first-order chi connectivity index (χ1) is 12.4. The van der Waals surface area contributed by atoms with Gasteiger partial charge in [0.05, 0.1) is 17.0 Å². The summed E-state index contributed by atoms with van der Waals surface area (Å²) in [6, 6.07) is 3.54. The van der Waals surface area contributed by atoms with Crippen LogP contribution in [-0.2, 0) is 4.79 Å². The van der Waals surface area contributed by atoms with Crippen molar-refractivity contribution in [1.82, 2.24) is 9.62 Å². The number of nitrogens with one attached hydrogen (secondary N) is 1. The van der Waals surface area contributed by atoms with E-state index in [1.54, 1.807) is 19.1 Å². The zero-order chi connectivity index (χ0) is 18.7. The van der Waals surface area contributed by atoms with Gasteiger partial charge in [0.15, 0.2) is 0 Å². The number of hydrogen-bond donors (Lipinski definition) is 2. The normalized spacial score (nSPS) is 23.3.